The fourth-order valence-electron chi connectivity index (χ4n) is 6.97. The Morgan fingerprint density at radius 1 is 1.17 bits per heavy atom. The van der Waals surface area contributed by atoms with Gasteiger partial charge in [-0.3, -0.25) is 4.40 Å². The number of fused-ring (bicyclic) bond motifs is 1. The molecule has 0 bridgehead atoms. The fourth-order valence-corrected chi connectivity index (χ4v) is 7.55. The number of aromatic nitrogens is 2. The molecule has 0 radical (unpaired) electrons. The summed E-state index contributed by atoms with van der Waals surface area (Å²) in [5.41, 5.74) is 14.2. The van der Waals surface area contributed by atoms with Gasteiger partial charge in [0.2, 0.25) is 0 Å². The third-order valence-electron chi connectivity index (χ3n) is 9.44. The van der Waals surface area contributed by atoms with E-state index in [1.165, 1.54) is 11.8 Å². The predicted octanol–water partition coefficient (Wildman–Crippen LogP) is 5.70. The molecule has 2 heterocycles. The van der Waals surface area contributed by atoms with Gasteiger partial charge in [0, 0.05) is 10.5 Å². The average molecular weight is 592 g/mol. The van der Waals surface area contributed by atoms with Gasteiger partial charge in [-0.25, -0.2) is 9.78 Å². The average Bonchev–Trinajstić information content (AvgIpc) is 3.72. The van der Waals surface area contributed by atoms with Crippen molar-refractivity contribution in [1.82, 2.24) is 9.38 Å². The van der Waals surface area contributed by atoms with Gasteiger partial charge in [0.15, 0.2) is 17.4 Å². The summed E-state index contributed by atoms with van der Waals surface area (Å²) >= 11 is 1.42. The van der Waals surface area contributed by atoms with Crippen LogP contribution in [0, 0.1) is 23.2 Å². The van der Waals surface area contributed by atoms with Crippen molar-refractivity contribution in [3.63, 3.8) is 0 Å². The summed E-state index contributed by atoms with van der Waals surface area (Å²) < 4.78 is 20.4. The molecule has 224 valence electrons. The summed E-state index contributed by atoms with van der Waals surface area (Å²) in [5, 5.41) is 10.4. The molecule has 2 unspecified atom stereocenters. The Morgan fingerprint density at radius 2 is 1.90 bits per heavy atom. The first-order valence-corrected chi connectivity index (χ1v) is 16.1. The van der Waals surface area contributed by atoms with Gasteiger partial charge in [-0.15, -0.1) is 11.8 Å². The van der Waals surface area contributed by atoms with Gasteiger partial charge in [-0.2, -0.15) is 5.26 Å². The van der Waals surface area contributed by atoms with Crippen molar-refractivity contribution in [2.45, 2.75) is 81.2 Å². The van der Waals surface area contributed by atoms with Crippen LogP contribution in [0.5, 0.6) is 17.4 Å². The number of carbonyl (C=O) groups is 1. The molecule has 2 aliphatic rings. The molecule has 0 amide bonds. The Kier molecular flexibility index (Phi) is 8.74. The summed E-state index contributed by atoms with van der Waals surface area (Å²) in [6.07, 6.45) is 10.5. The van der Waals surface area contributed by atoms with Crippen molar-refractivity contribution in [1.29, 1.82) is 5.26 Å². The Labute approximate surface area is 251 Å². The summed E-state index contributed by atoms with van der Waals surface area (Å²) in [4.78, 5) is 19.3. The maximum atomic E-state index is 14.0. The summed E-state index contributed by atoms with van der Waals surface area (Å²) in [6, 6.07) is 9.74. The lowest BCUT2D eigenvalue weighted by Crippen LogP contribution is -2.53. The van der Waals surface area contributed by atoms with E-state index in [-0.39, 0.29) is 24.0 Å². The van der Waals surface area contributed by atoms with E-state index < -0.39 is 17.0 Å². The maximum absolute atomic E-state index is 14.0. The number of hydrogen-bond acceptors (Lipinski definition) is 9. The topological polar surface area (TPSA) is 138 Å². The fraction of sp³-hybridized carbons (Fsp3) is 0.531. The molecule has 2 aliphatic carbocycles. The monoisotopic (exact) mass is 591 g/mol. The summed E-state index contributed by atoms with van der Waals surface area (Å²) in [6.45, 7) is 4.38. The highest BCUT2D eigenvalue weighted by Gasteiger charge is 2.47. The summed E-state index contributed by atoms with van der Waals surface area (Å²) in [7, 11) is 1.59. The molecule has 3 aromatic rings. The van der Waals surface area contributed by atoms with E-state index in [0.29, 0.717) is 45.6 Å². The molecule has 4 N–H and O–H groups in total. The molecule has 5 rings (SSSR count). The second-order valence-corrected chi connectivity index (χ2v) is 12.5. The predicted molar refractivity (Wildman–Crippen MR) is 164 cm³/mol. The number of methoxy groups -OCH3 is 1. The molecule has 0 aliphatic heterocycles. The first-order valence-electron chi connectivity index (χ1n) is 14.8. The Balaban J connectivity index is 1.71. The van der Waals surface area contributed by atoms with Crippen molar-refractivity contribution < 1.29 is 19.0 Å². The lowest BCUT2D eigenvalue weighted by Gasteiger charge is -2.32. The number of carbonyl (C=O) groups excluding carboxylic acids is 1. The maximum Gasteiger partial charge on any atom is 0.331 e. The molecule has 9 nitrogen and oxygen atoms in total. The highest BCUT2D eigenvalue weighted by atomic mass is 32.2. The van der Waals surface area contributed by atoms with Gasteiger partial charge in [0.05, 0.1) is 24.5 Å². The van der Waals surface area contributed by atoms with Crippen molar-refractivity contribution in [3.8, 4) is 34.7 Å². The van der Waals surface area contributed by atoms with Gasteiger partial charge in [-0.05, 0) is 62.0 Å². The van der Waals surface area contributed by atoms with Crippen LogP contribution in [0.1, 0.15) is 70.8 Å². The van der Waals surface area contributed by atoms with Crippen molar-refractivity contribution in [2.24, 2.45) is 23.3 Å². The lowest BCUT2D eigenvalue weighted by atomic mass is 9.86. The normalized spacial score (nSPS) is 25.5. The third-order valence-corrected chi connectivity index (χ3v) is 10.2. The Bertz CT molecular complexity index is 1520. The molecule has 2 saturated carbocycles. The number of ether oxygens (including phenoxy) is 3. The van der Waals surface area contributed by atoms with E-state index in [2.05, 4.69) is 18.0 Å². The Hall–Kier alpha value is -3.26. The minimum Gasteiger partial charge on any atom is -0.486 e. The quantitative estimate of drug-likeness (QED) is 0.173. The lowest BCUT2D eigenvalue weighted by molar-refractivity contribution is -0.142. The van der Waals surface area contributed by atoms with Crippen LogP contribution >= 0.6 is 11.8 Å². The van der Waals surface area contributed by atoms with Gasteiger partial charge < -0.3 is 25.7 Å². The number of rotatable bonds is 10. The van der Waals surface area contributed by atoms with Gasteiger partial charge in [0.1, 0.15) is 29.4 Å². The zero-order chi connectivity index (χ0) is 30.1. The van der Waals surface area contributed by atoms with Crippen LogP contribution < -0.4 is 25.7 Å². The van der Waals surface area contributed by atoms with Crippen LogP contribution in [0.25, 0.3) is 16.9 Å². The van der Waals surface area contributed by atoms with Crippen LogP contribution in [-0.4, -0.2) is 46.4 Å². The van der Waals surface area contributed by atoms with E-state index >= 15 is 0 Å². The number of esters is 1. The minimum absolute atomic E-state index is 0.00531. The largest absolute Gasteiger partial charge is 0.486 e. The molecule has 0 saturated heterocycles. The molecule has 42 heavy (non-hydrogen) atoms. The number of imidazole rings is 1. The van der Waals surface area contributed by atoms with E-state index in [4.69, 9.17) is 25.7 Å². The van der Waals surface area contributed by atoms with Crippen LogP contribution in [-0.2, 0) is 4.79 Å². The second-order valence-electron chi connectivity index (χ2n) is 11.6. The smallest absolute Gasteiger partial charge is 0.331 e. The van der Waals surface area contributed by atoms with Gasteiger partial charge in [0.25, 0.3) is 0 Å². The third kappa shape index (κ3) is 5.12. The molecule has 10 heteroatoms. The highest BCUT2D eigenvalue weighted by molar-refractivity contribution is 7.98. The second kappa shape index (κ2) is 12.2. The van der Waals surface area contributed by atoms with E-state index in [1.807, 2.05) is 41.8 Å². The van der Waals surface area contributed by atoms with Crippen molar-refractivity contribution in [2.75, 3.05) is 20.0 Å². The number of nitrogens with two attached hydrogens (primary N) is 2. The number of benzene rings is 1. The first-order chi connectivity index (χ1) is 20.2. The molecule has 4 atom stereocenters. The van der Waals surface area contributed by atoms with Crippen LogP contribution in [0.15, 0.2) is 35.4 Å². The molecular formula is C32H41N5O4S. The molecule has 2 fully saturated rings. The van der Waals surface area contributed by atoms with Gasteiger partial charge >= 0.3 is 5.97 Å². The molecular weight excluding hydrogens is 550 g/mol. The SMILES string of the molecule is CCC1CCCC1(N)C(=O)Oc1c(-c2cnc3cccc(OC)n23)cc(SC)c(C#N)c1OC[C@@]1(N)CCC[C@@H]1CC. The van der Waals surface area contributed by atoms with E-state index in [0.717, 1.165) is 44.9 Å². The van der Waals surface area contributed by atoms with Crippen LogP contribution in [0.4, 0.5) is 0 Å². The summed E-state index contributed by atoms with van der Waals surface area (Å²) in [5.74, 6) is 0.711. The number of nitriles is 1. The molecule has 1 aromatic carbocycles. The molecule has 2 aromatic heterocycles. The van der Waals surface area contributed by atoms with E-state index in [9.17, 15) is 10.1 Å². The zero-order valence-electron chi connectivity index (χ0n) is 24.9. The molecule has 0 spiro atoms. The van der Waals surface area contributed by atoms with Crippen LogP contribution in [0.3, 0.4) is 0 Å². The van der Waals surface area contributed by atoms with Crippen LogP contribution in [0.2, 0.25) is 0 Å². The standard InChI is InChI=1S/C32H41N5O4S/c1-5-20-10-8-14-31(20,34)19-40-28-23(17-33)25(42-4)16-22(24-18-36-26-12-7-13-27(39-3)37(24)26)29(28)41-30(38)32(35)15-9-11-21(32)6-2/h7,12-13,16,18,20-21H,5-6,8-11,14-15,19,34-35H2,1-4H3/t20-,21?,31-,32?/m0/s1. The zero-order valence-corrected chi connectivity index (χ0v) is 25.8. The van der Waals surface area contributed by atoms with E-state index in [1.54, 1.807) is 13.3 Å². The van der Waals surface area contributed by atoms with Crippen molar-refractivity contribution in [3.05, 3.63) is 36.0 Å². The first kappa shape index (κ1) is 30.2. The number of nitrogens with zero attached hydrogens (tertiary/aromatic N) is 3. The Morgan fingerprint density at radius 3 is 2.60 bits per heavy atom. The number of thioether (sulfide) groups is 1. The minimum atomic E-state index is -1.13. The van der Waals surface area contributed by atoms with Gasteiger partial charge in [-0.1, -0.05) is 45.6 Å². The number of pyridine rings is 1. The highest BCUT2D eigenvalue weighted by Crippen LogP contribution is 2.48. The number of hydrogen-bond donors (Lipinski definition) is 2. The van der Waals surface area contributed by atoms with Crippen molar-refractivity contribution >= 4 is 23.4 Å².